The molecule has 2 rings (SSSR count). The van der Waals surface area contributed by atoms with Gasteiger partial charge in [0, 0.05) is 17.4 Å². The zero-order valence-corrected chi connectivity index (χ0v) is 10.8. The average Bonchev–Trinajstić information content (AvgIpc) is 2.39. The van der Waals surface area contributed by atoms with Crippen LogP contribution in [-0.4, -0.2) is 27.5 Å². The number of rotatable bonds is 4. The third kappa shape index (κ3) is 3.23. The first-order chi connectivity index (χ1) is 8.33. The molecule has 0 spiro atoms. The number of nitrogens with zero attached hydrogens (tertiary/aromatic N) is 2. The van der Waals surface area contributed by atoms with Crippen LogP contribution in [0.5, 0.6) is 0 Å². The van der Waals surface area contributed by atoms with E-state index in [4.69, 9.17) is 5.84 Å². The van der Waals surface area contributed by atoms with Gasteiger partial charge in [-0.15, -0.1) is 0 Å². The third-order valence-corrected chi connectivity index (χ3v) is 4.32. The molecule has 0 aromatic carbocycles. The Kier molecular flexibility index (Phi) is 4.44. The van der Waals surface area contributed by atoms with E-state index in [2.05, 4.69) is 27.0 Å². The van der Waals surface area contributed by atoms with Crippen LogP contribution in [0.1, 0.15) is 25.7 Å². The highest BCUT2D eigenvalue weighted by atomic mass is 32.2. The Morgan fingerprint density at radius 2 is 2.06 bits per heavy atom. The van der Waals surface area contributed by atoms with Crippen molar-refractivity contribution in [3.8, 4) is 0 Å². The summed E-state index contributed by atoms with van der Waals surface area (Å²) in [6, 6.07) is 2.34. The number of hydrogen-bond donors (Lipinski definition) is 3. The van der Waals surface area contributed by atoms with Crippen LogP contribution in [0.25, 0.3) is 0 Å². The Labute approximate surface area is 106 Å². The van der Waals surface area contributed by atoms with Crippen LogP contribution in [0, 0.1) is 0 Å². The molecule has 1 saturated carbocycles. The van der Waals surface area contributed by atoms with Gasteiger partial charge in [0.2, 0.25) is 0 Å². The Hall–Kier alpha value is -1.01. The van der Waals surface area contributed by atoms with Crippen molar-refractivity contribution in [2.24, 2.45) is 5.84 Å². The molecule has 4 N–H and O–H groups in total. The molecule has 1 aliphatic rings. The molecule has 0 radical (unpaired) electrons. The number of nitrogens with two attached hydrogens (primary N) is 1. The van der Waals surface area contributed by atoms with E-state index in [-0.39, 0.29) is 0 Å². The Bertz CT molecular complexity index is 359. The lowest BCUT2D eigenvalue weighted by Crippen LogP contribution is -2.34. The lowest BCUT2D eigenvalue weighted by Gasteiger charge is -2.31. The Morgan fingerprint density at radius 3 is 2.82 bits per heavy atom. The standard InChI is InChI=1S/C11H19N5S/c1-17-9-5-3-2-4-8(9)15-10-6-11(16-12)14-7-13-10/h6-9H,2-5,12H2,1H3,(H2,13,14,15,16). The highest BCUT2D eigenvalue weighted by Crippen LogP contribution is 2.29. The van der Waals surface area contributed by atoms with Gasteiger partial charge >= 0.3 is 0 Å². The zero-order valence-electron chi connectivity index (χ0n) is 10.0. The van der Waals surface area contributed by atoms with E-state index in [1.54, 1.807) is 0 Å². The molecule has 0 bridgehead atoms. The molecule has 17 heavy (non-hydrogen) atoms. The second-order valence-electron chi connectivity index (χ2n) is 4.24. The molecule has 1 aromatic heterocycles. The monoisotopic (exact) mass is 253 g/mol. The van der Waals surface area contributed by atoms with E-state index in [1.165, 1.54) is 32.0 Å². The lowest BCUT2D eigenvalue weighted by atomic mass is 9.95. The quantitative estimate of drug-likeness (QED) is 0.561. The van der Waals surface area contributed by atoms with Gasteiger partial charge in [0.1, 0.15) is 18.0 Å². The molecule has 1 aliphatic carbocycles. The fourth-order valence-corrected chi connectivity index (χ4v) is 3.18. The summed E-state index contributed by atoms with van der Waals surface area (Å²) in [7, 11) is 0. The zero-order chi connectivity index (χ0) is 12.1. The second-order valence-corrected chi connectivity index (χ2v) is 5.32. The first-order valence-corrected chi connectivity index (χ1v) is 7.20. The molecule has 6 heteroatoms. The van der Waals surface area contributed by atoms with Crippen LogP contribution in [0.2, 0.25) is 0 Å². The Morgan fingerprint density at radius 1 is 1.29 bits per heavy atom. The molecular formula is C11H19N5S. The first kappa shape index (κ1) is 12.4. The summed E-state index contributed by atoms with van der Waals surface area (Å²) in [6.45, 7) is 0. The fourth-order valence-electron chi connectivity index (χ4n) is 2.25. The molecule has 1 aromatic rings. The molecule has 2 unspecified atom stereocenters. The number of hydrazine groups is 1. The highest BCUT2D eigenvalue weighted by molar-refractivity contribution is 7.99. The van der Waals surface area contributed by atoms with Gasteiger partial charge < -0.3 is 10.7 Å². The van der Waals surface area contributed by atoms with Gasteiger partial charge in [-0.2, -0.15) is 11.8 Å². The minimum absolute atomic E-state index is 0.499. The van der Waals surface area contributed by atoms with Crippen molar-refractivity contribution in [3.05, 3.63) is 12.4 Å². The number of nitrogen functional groups attached to an aromatic ring is 1. The predicted molar refractivity (Wildman–Crippen MR) is 73.0 cm³/mol. The van der Waals surface area contributed by atoms with Crippen molar-refractivity contribution in [2.45, 2.75) is 37.0 Å². The van der Waals surface area contributed by atoms with Gasteiger partial charge in [-0.25, -0.2) is 15.8 Å². The molecule has 0 amide bonds. The summed E-state index contributed by atoms with van der Waals surface area (Å²) >= 11 is 1.94. The Balaban J connectivity index is 2.02. The van der Waals surface area contributed by atoms with Crippen molar-refractivity contribution < 1.29 is 0 Å². The van der Waals surface area contributed by atoms with Crippen molar-refractivity contribution in [3.63, 3.8) is 0 Å². The summed E-state index contributed by atoms with van der Waals surface area (Å²) in [5, 5.41) is 4.16. The SMILES string of the molecule is CSC1CCCCC1Nc1cc(NN)ncn1. The number of anilines is 2. The average molecular weight is 253 g/mol. The lowest BCUT2D eigenvalue weighted by molar-refractivity contribution is 0.474. The van der Waals surface area contributed by atoms with E-state index >= 15 is 0 Å². The van der Waals surface area contributed by atoms with Crippen LogP contribution in [-0.2, 0) is 0 Å². The van der Waals surface area contributed by atoms with E-state index in [1.807, 2.05) is 17.8 Å². The van der Waals surface area contributed by atoms with E-state index < -0.39 is 0 Å². The van der Waals surface area contributed by atoms with Crippen molar-refractivity contribution >= 4 is 23.4 Å². The molecule has 94 valence electrons. The molecule has 2 atom stereocenters. The van der Waals surface area contributed by atoms with Gasteiger partial charge in [-0.3, -0.25) is 0 Å². The molecular weight excluding hydrogens is 234 g/mol. The molecule has 0 saturated heterocycles. The highest BCUT2D eigenvalue weighted by Gasteiger charge is 2.24. The third-order valence-electron chi connectivity index (χ3n) is 3.15. The van der Waals surface area contributed by atoms with Crippen molar-refractivity contribution in [1.82, 2.24) is 9.97 Å². The molecule has 5 nitrogen and oxygen atoms in total. The van der Waals surface area contributed by atoms with Gasteiger partial charge in [-0.1, -0.05) is 12.8 Å². The number of nitrogens with one attached hydrogen (secondary N) is 2. The molecule has 1 fully saturated rings. The maximum atomic E-state index is 5.33. The first-order valence-electron chi connectivity index (χ1n) is 5.91. The van der Waals surface area contributed by atoms with Crippen molar-refractivity contribution in [2.75, 3.05) is 17.0 Å². The fraction of sp³-hybridized carbons (Fsp3) is 0.636. The summed E-state index contributed by atoms with van der Waals surface area (Å²) in [4.78, 5) is 8.22. The van der Waals surface area contributed by atoms with Gasteiger partial charge in [0.15, 0.2) is 0 Å². The summed E-state index contributed by atoms with van der Waals surface area (Å²) in [6.07, 6.45) is 8.82. The molecule has 0 aliphatic heterocycles. The minimum atomic E-state index is 0.499. The van der Waals surface area contributed by atoms with Gasteiger partial charge in [0.25, 0.3) is 0 Å². The second kappa shape index (κ2) is 6.07. The van der Waals surface area contributed by atoms with Crippen LogP contribution in [0.4, 0.5) is 11.6 Å². The normalized spacial score (nSPS) is 24.4. The van der Waals surface area contributed by atoms with E-state index in [9.17, 15) is 0 Å². The van der Waals surface area contributed by atoms with Crippen LogP contribution in [0.15, 0.2) is 12.4 Å². The predicted octanol–water partition coefficient (Wildman–Crippen LogP) is 1.85. The molecule has 1 heterocycles. The number of thioether (sulfide) groups is 1. The van der Waals surface area contributed by atoms with Crippen molar-refractivity contribution in [1.29, 1.82) is 0 Å². The topological polar surface area (TPSA) is 75.9 Å². The summed E-state index contributed by atoms with van der Waals surface area (Å²) < 4.78 is 0. The smallest absolute Gasteiger partial charge is 0.145 e. The van der Waals surface area contributed by atoms with Crippen LogP contribution in [0.3, 0.4) is 0 Å². The maximum absolute atomic E-state index is 5.33. The van der Waals surface area contributed by atoms with Crippen LogP contribution >= 0.6 is 11.8 Å². The van der Waals surface area contributed by atoms with Gasteiger partial charge in [0.05, 0.1) is 0 Å². The number of hydrogen-bond acceptors (Lipinski definition) is 6. The summed E-state index contributed by atoms with van der Waals surface area (Å²) in [5.41, 5.74) is 2.53. The van der Waals surface area contributed by atoms with Gasteiger partial charge in [-0.05, 0) is 19.1 Å². The summed E-state index contributed by atoms with van der Waals surface area (Å²) in [5.74, 6) is 6.82. The van der Waals surface area contributed by atoms with E-state index in [0.29, 0.717) is 17.1 Å². The van der Waals surface area contributed by atoms with Crippen LogP contribution < -0.4 is 16.6 Å². The maximum Gasteiger partial charge on any atom is 0.145 e. The minimum Gasteiger partial charge on any atom is -0.366 e. The van der Waals surface area contributed by atoms with E-state index in [0.717, 1.165) is 5.82 Å². The number of aromatic nitrogens is 2. The largest absolute Gasteiger partial charge is 0.366 e.